The van der Waals surface area contributed by atoms with Gasteiger partial charge in [-0.05, 0) is 43.7 Å². The van der Waals surface area contributed by atoms with Crippen molar-refractivity contribution in [1.29, 1.82) is 0 Å². The highest BCUT2D eigenvalue weighted by molar-refractivity contribution is 5.26. The summed E-state index contributed by atoms with van der Waals surface area (Å²) in [5.41, 5.74) is 1.10. The van der Waals surface area contributed by atoms with Crippen LogP contribution in [0.1, 0.15) is 30.9 Å². The van der Waals surface area contributed by atoms with Gasteiger partial charge < -0.3 is 0 Å². The molecular weight excluding hydrogens is 266 g/mol. The van der Waals surface area contributed by atoms with Crippen molar-refractivity contribution < 1.29 is 0 Å². The fourth-order valence-electron chi connectivity index (χ4n) is 2.40. The molecule has 0 radical (unpaired) electrons. The van der Waals surface area contributed by atoms with Crippen LogP contribution in [0, 0.1) is 12.8 Å². The largest absolute Gasteiger partial charge is 0.336 e. The Morgan fingerprint density at radius 2 is 2.05 bits per heavy atom. The van der Waals surface area contributed by atoms with E-state index in [4.69, 9.17) is 0 Å². The maximum Gasteiger partial charge on any atom is 0.336 e. The molecule has 2 aromatic heterocycles. The molecule has 0 amide bonds. The van der Waals surface area contributed by atoms with E-state index >= 15 is 0 Å². The molecule has 110 valence electrons. The first-order valence-corrected chi connectivity index (χ1v) is 7.38. The van der Waals surface area contributed by atoms with Gasteiger partial charge in [0.05, 0.1) is 0 Å². The van der Waals surface area contributed by atoms with Crippen molar-refractivity contribution in [3.8, 4) is 5.82 Å². The third-order valence-electron chi connectivity index (χ3n) is 3.88. The maximum atomic E-state index is 12.6. The molecule has 0 bridgehead atoms. The van der Waals surface area contributed by atoms with Crippen molar-refractivity contribution in [2.45, 2.75) is 39.7 Å². The number of pyridine rings is 1. The van der Waals surface area contributed by atoms with E-state index < -0.39 is 0 Å². The minimum absolute atomic E-state index is 0.258. The van der Waals surface area contributed by atoms with E-state index in [1.165, 1.54) is 4.57 Å². The Hall–Kier alpha value is -2.17. The normalized spacial score (nSPS) is 14.4. The van der Waals surface area contributed by atoms with E-state index in [-0.39, 0.29) is 11.2 Å². The molecule has 1 aliphatic carbocycles. The van der Waals surface area contributed by atoms with Gasteiger partial charge >= 0.3 is 5.69 Å². The molecule has 5 heteroatoms. The third kappa shape index (κ3) is 2.68. The molecular formula is C16H19N3O2. The Bertz CT molecular complexity index is 768. The predicted octanol–water partition coefficient (Wildman–Crippen LogP) is 1.68. The molecule has 1 saturated carbocycles. The molecule has 0 aromatic carbocycles. The highest BCUT2D eigenvalue weighted by atomic mass is 16.2. The standard InChI is InChI=1S/C16H19N3O2/c1-3-13-10-18(9-12-5-6-12)16(21)19(15(13)20)14-7-4-11(2)8-17-14/h4,7-8,10,12H,3,5-6,9H2,1-2H3. The Labute approximate surface area is 122 Å². The molecule has 0 saturated heterocycles. The van der Waals surface area contributed by atoms with Crippen molar-refractivity contribution in [2.24, 2.45) is 5.92 Å². The van der Waals surface area contributed by atoms with E-state index in [0.717, 1.165) is 18.4 Å². The molecule has 0 aliphatic heterocycles. The zero-order chi connectivity index (χ0) is 15.0. The average Bonchev–Trinajstić information content (AvgIpc) is 3.28. The Morgan fingerprint density at radius 3 is 2.62 bits per heavy atom. The van der Waals surface area contributed by atoms with Gasteiger partial charge in [-0.1, -0.05) is 13.0 Å². The zero-order valence-electron chi connectivity index (χ0n) is 12.4. The highest BCUT2D eigenvalue weighted by Crippen LogP contribution is 2.30. The average molecular weight is 285 g/mol. The SMILES string of the molecule is CCc1cn(CC2CC2)c(=O)n(-c2ccc(C)cn2)c1=O. The summed E-state index contributed by atoms with van der Waals surface area (Å²) in [4.78, 5) is 29.3. The van der Waals surface area contributed by atoms with Crippen LogP contribution in [0.5, 0.6) is 0 Å². The molecule has 0 atom stereocenters. The van der Waals surface area contributed by atoms with E-state index in [9.17, 15) is 9.59 Å². The smallest absolute Gasteiger partial charge is 0.300 e. The van der Waals surface area contributed by atoms with Crippen LogP contribution in [-0.2, 0) is 13.0 Å². The van der Waals surface area contributed by atoms with Crippen LogP contribution in [0.3, 0.4) is 0 Å². The minimum Gasteiger partial charge on any atom is -0.300 e. The molecule has 0 spiro atoms. The van der Waals surface area contributed by atoms with E-state index in [1.54, 1.807) is 23.0 Å². The molecule has 2 aromatic rings. The molecule has 5 nitrogen and oxygen atoms in total. The lowest BCUT2D eigenvalue weighted by molar-refractivity contribution is 0.566. The lowest BCUT2D eigenvalue weighted by Gasteiger charge is -2.11. The summed E-state index contributed by atoms with van der Waals surface area (Å²) >= 11 is 0. The van der Waals surface area contributed by atoms with Gasteiger partial charge in [0.2, 0.25) is 0 Å². The van der Waals surface area contributed by atoms with Gasteiger partial charge in [-0.15, -0.1) is 0 Å². The lowest BCUT2D eigenvalue weighted by atomic mass is 10.2. The Kier molecular flexibility index (Phi) is 3.49. The van der Waals surface area contributed by atoms with Crippen LogP contribution in [0.4, 0.5) is 0 Å². The van der Waals surface area contributed by atoms with Crippen LogP contribution < -0.4 is 11.2 Å². The quantitative estimate of drug-likeness (QED) is 0.858. The van der Waals surface area contributed by atoms with Crippen LogP contribution in [0.25, 0.3) is 5.82 Å². The van der Waals surface area contributed by atoms with Crippen LogP contribution in [0.2, 0.25) is 0 Å². The van der Waals surface area contributed by atoms with Crippen LogP contribution in [-0.4, -0.2) is 14.1 Å². The number of aromatic nitrogens is 3. The van der Waals surface area contributed by atoms with Gasteiger partial charge in [0.1, 0.15) is 5.82 Å². The first-order valence-electron chi connectivity index (χ1n) is 7.38. The summed E-state index contributed by atoms with van der Waals surface area (Å²) in [7, 11) is 0. The molecule has 3 rings (SSSR count). The first kappa shape index (κ1) is 13.8. The second-order valence-corrected chi connectivity index (χ2v) is 5.72. The predicted molar refractivity (Wildman–Crippen MR) is 80.9 cm³/mol. The van der Waals surface area contributed by atoms with Crippen molar-refractivity contribution in [3.05, 3.63) is 56.5 Å². The molecule has 2 heterocycles. The number of hydrogen-bond donors (Lipinski definition) is 0. The summed E-state index contributed by atoms with van der Waals surface area (Å²) in [6, 6.07) is 3.58. The molecule has 1 fully saturated rings. The fraction of sp³-hybridized carbons (Fsp3) is 0.438. The van der Waals surface area contributed by atoms with Gasteiger partial charge in [0.15, 0.2) is 0 Å². The Balaban J connectivity index is 2.19. The summed E-state index contributed by atoms with van der Waals surface area (Å²) < 4.78 is 2.86. The maximum absolute atomic E-state index is 12.6. The van der Waals surface area contributed by atoms with E-state index in [0.29, 0.717) is 30.3 Å². The minimum atomic E-state index is -0.291. The van der Waals surface area contributed by atoms with E-state index in [2.05, 4.69) is 4.98 Å². The number of aryl methyl sites for hydroxylation is 2. The lowest BCUT2D eigenvalue weighted by Crippen LogP contribution is -2.40. The molecule has 1 aliphatic rings. The van der Waals surface area contributed by atoms with Crippen molar-refractivity contribution >= 4 is 0 Å². The number of rotatable bonds is 4. The number of nitrogens with zero attached hydrogens (tertiary/aromatic N) is 3. The van der Waals surface area contributed by atoms with Crippen LogP contribution in [0.15, 0.2) is 34.1 Å². The third-order valence-corrected chi connectivity index (χ3v) is 3.88. The summed E-state index contributed by atoms with van der Waals surface area (Å²) in [5.74, 6) is 0.972. The Morgan fingerprint density at radius 1 is 1.29 bits per heavy atom. The zero-order valence-corrected chi connectivity index (χ0v) is 12.4. The van der Waals surface area contributed by atoms with Gasteiger partial charge in [0, 0.05) is 24.5 Å². The summed E-state index contributed by atoms with van der Waals surface area (Å²) in [6.45, 7) is 4.54. The van der Waals surface area contributed by atoms with Crippen LogP contribution >= 0.6 is 0 Å². The van der Waals surface area contributed by atoms with E-state index in [1.807, 2.05) is 19.9 Å². The topological polar surface area (TPSA) is 56.9 Å². The van der Waals surface area contributed by atoms with Crippen molar-refractivity contribution in [1.82, 2.24) is 14.1 Å². The molecule has 0 unspecified atom stereocenters. The van der Waals surface area contributed by atoms with Crippen molar-refractivity contribution in [3.63, 3.8) is 0 Å². The monoisotopic (exact) mass is 285 g/mol. The second kappa shape index (κ2) is 5.31. The summed E-state index contributed by atoms with van der Waals surface area (Å²) in [6.07, 6.45) is 6.32. The summed E-state index contributed by atoms with van der Waals surface area (Å²) in [5, 5.41) is 0. The van der Waals surface area contributed by atoms with Gasteiger partial charge in [-0.2, -0.15) is 0 Å². The van der Waals surface area contributed by atoms with Crippen molar-refractivity contribution in [2.75, 3.05) is 0 Å². The van der Waals surface area contributed by atoms with Gasteiger partial charge in [-0.25, -0.2) is 14.3 Å². The van der Waals surface area contributed by atoms with Gasteiger partial charge in [0.25, 0.3) is 5.56 Å². The first-order chi connectivity index (χ1) is 10.1. The number of hydrogen-bond acceptors (Lipinski definition) is 3. The molecule has 0 N–H and O–H groups in total. The second-order valence-electron chi connectivity index (χ2n) is 5.72. The van der Waals surface area contributed by atoms with Gasteiger partial charge in [-0.3, -0.25) is 9.36 Å². The molecule has 21 heavy (non-hydrogen) atoms. The highest BCUT2D eigenvalue weighted by Gasteiger charge is 2.23. The fourth-order valence-corrected chi connectivity index (χ4v) is 2.40.